The predicted molar refractivity (Wildman–Crippen MR) is 140 cm³/mol. The molecule has 0 spiro atoms. The molecule has 2 aromatic rings. The third-order valence-electron chi connectivity index (χ3n) is 7.41. The highest BCUT2D eigenvalue weighted by Gasteiger charge is 2.49. The minimum atomic E-state index is -2.16. The first kappa shape index (κ1) is 26.3. The van der Waals surface area contributed by atoms with Crippen LogP contribution in [-0.2, 0) is 15.8 Å². The van der Waals surface area contributed by atoms with E-state index in [-0.39, 0.29) is 30.5 Å². The second-order valence-corrected chi connectivity index (χ2v) is 15.9. The number of phenols is 1. The average molecular weight is 484 g/mol. The predicted octanol–water partition coefficient (Wildman–Crippen LogP) is 7.08. The summed E-state index contributed by atoms with van der Waals surface area (Å²) < 4.78 is 12.9. The summed E-state index contributed by atoms with van der Waals surface area (Å²) in [5, 5.41) is 9.80. The van der Waals surface area contributed by atoms with Gasteiger partial charge in [0.25, 0.3) is 0 Å². The van der Waals surface area contributed by atoms with Crippen molar-refractivity contribution in [3.8, 4) is 5.75 Å². The van der Waals surface area contributed by atoms with Crippen LogP contribution in [0.2, 0.25) is 16.6 Å². The zero-order chi connectivity index (χ0) is 24.9. The van der Waals surface area contributed by atoms with Crippen LogP contribution in [0.3, 0.4) is 0 Å². The molecule has 1 amide bonds. The van der Waals surface area contributed by atoms with Crippen LogP contribution < -0.4 is 0 Å². The van der Waals surface area contributed by atoms with Crippen molar-refractivity contribution < 1.29 is 19.1 Å². The molecule has 3 rings (SSSR count). The number of aromatic hydroxyl groups is 1. The number of ether oxygens (including phenoxy) is 1. The summed E-state index contributed by atoms with van der Waals surface area (Å²) in [5.41, 5.74) is 3.49. The number of hydrogen-bond acceptors (Lipinski definition) is 4. The van der Waals surface area contributed by atoms with Gasteiger partial charge >= 0.3 is 6.09 Å². The van der Waals surface area contributed by atoms with E-state index in [1.165, 1.54) is 0 Å². The Morgan fingerprint density at radius 3 is 2.12 bits per heavy atom. The Balaban J connectivity index is 1.84. The summed E-state index contributed by atoms with van der Waals surface area (Å²) in [6.07, 6.45) is 0.406. The number of hydrogen-bond donors (Lipinski definition) is 1. The zero-order valence-electron chi connectivity index (χ0n) is 21.5. The zero-order valence-corrected chi connectivity index (χ0v) is 22.5. The van der Waals surface area contributed by atoms with E-state index in [9.17, 15) is 9.90 Å². The molecular weight excluding hydrogens is 442 g/mol. The Hall–Kier alpha value is -2.31. The molecule has 34 heavy (non-hydrogen) atoms. The fourth-order valence-electron chi connectivity index (χ4n) is 5.79. The third-order valence-corrected chi connectivity index (χ3v) is 13.5. The summed E-state index contributed by atoms with van der Waals surface area (Å²) in [6.45, 7) is 15.1. The number of rotatable bonds is 8. The second-order valence-electron chi connectivity index (χ2n) is 10.4. The summed E-state index contributed by atoms with van der Waals surface area (Å²) in [4.78, 5) is 14.8. The maximum atomic E-state index is 13.0. The normalized spacial score (nSPS) is 19.1. The lowest BCUT2D eigenvalue weighted by molar-refractivity contribution is 0.0377. The molecule has 2 unspecified atom stereocenters. The number of nitrogens with zero attached hydrogens (tertiary/aromatic N) is 1. The number of amides is 1. The largest absolute Gasteiger partial charge is 0.508 e. The number of carbonyl (C=O) groups excluding carboxylic acids is 1. The first-order valence-corrected chi connectivity index (χ1v) is 14.7. The van der Waals surface area contributed by atoms with E-state index in [1.807, 2.05) is 47.4 Å². The van der Waals surface area contributed by atoms with E-state index < -0.39 is 8.32 Å². The number of phenolic OH excluding ortho intramolecular Hbond substituents is 1. The van der Waals surface area contributed by atoms with Crippen molar-refractivity contribution in [1.82, 2.24) is 4.90 Å². The third kappa shape index (κ3) is 5.84. The summed E-state index contributed by atoms with van der Waals surface area (Å²) in [6, 6.07) is 17.2. The van der Waals surface area contributed by atoms with E-state index >= 15 is 0 Å². The minimum Gasteiger partial charge on any atom is -0.508 e. The van der Waals surface area contributed by atoms with Crippen molar-refractivity contribution >= 4 is 14.4 Å². The lowest BCUT2D eigenvalue weighted by Gasteiger charge is -2.48. The summed E-state index contributed by atoms with van der Waals surface area (Å²) >= 11 is 0. The fourth-order valence-corrected chi connectivity index (χ4v) is 11.4. The van der Waals surface area contributed by atoms with Gasteiger partial charge in [-0.25, -0.2) is 4.79 Å². The number of likely N-dealkylation sites (tertiary alicyclic amines) is 1. The minimum absolute atomic E-state index is 0.110. The molecule has 1 saturated heterocycles. The molecule has 6 heteroatoms. The van der Waals surface area contributed by atoms with Gasteiger partial charge in [0.05, 0.1) is 6.10 Å². The van der Waals surface area contributed by atoms with Gasteiger partial charge in [0, 0.05) is 19.0 Å². The smallest absolute Gasteiger partial charge is 0.410 e. The number of carbonyl (C=O) groups is 1. The van der Waals surface area contributed by atoms with E-state index in [0.717, 1.165) is 17.5 Å². The summed E-state index contributed by atoms with van der Waals surface area (Å²) in [7, 11) is -2.16. The van der Waals surface area contributed by atoms with Gasteiger partial charge in [-0.15, -0.1) is 0 Å². The van der Waals surface area contributed by atoms with Gasteiger partial charge in [0.1, 0.15) is 12.4 Å². The van der Waals surface area contributed by atoms with Crippen LogP contribution in [0.5, 0.6) is 5.75 Å². The van der Waals surface area contributed by atoms with Crippen LogP contribution in [0.1, 0.15) is 65.0 Å². The maximum absolute atomic E-state index is 13.0. The Labute approximate surface area is 206 Å². The van der Waals surface area contributed by atoms with Crippen molar-refractivity contribution in [2.75, 3.05) is 13.1 Å². The molecule has 186 valence electrons. The molecule has 1 aliphatic heterocycles. The van der Waals surface area contributed by atoms with Crippen LogP contribution in [0.15, 0.2) is 54.6 Å². The quantitative estimate of drug-likeness (QED) is 0.408. The average Bonchev–Trinajstić information content (AvgIpc) is 2.81. The van der Waals surface area contributed by atoms with Gasteiger partial charge in [-0.3, -0.25) is 0 Å². The van der Waals surface area contributed by atoms with E-state index in [1.54, 1.807) is 12.1 Å². The molecule has 0 aromatic heterocycles. The molecule has 5 nitrogen and oxygen atoms in total. The second kappa shape index (κ2) is 11.4. The molecule has 2 aromatic carbocycles. The molecule has 0 saturated carbocycles. The van der Waals surface area contributed by atoms with Crippen molar-refractivity contribution in [1.29, 1.82) is 0 Å². The Bertz CT molecular complexity index is 892. The first-order chi connectivity index (χ1) is 16.1. The lowest BCUT2D eigenvalue weighted by Crippen LogP contribution is -2.56. The Morgan fingerprint density at radius 2 is 1.56 bits per heavy atom. The van der Waals surface area contributed by atoms with Gasteiger partial charge in [-0.1, -0.05) is 84.0 Å². The first-order valence-electron chi connectivity index (χ1n) is 12.6. The molecule has 1 aliphatic rings. The molecule has 0 bridgehead atoms. The fraction of sp³-hybridized carbons (Fsp3) is 0.536. The lowest BCUT2D eigenvalue weighted by atomic mass is 9.87. The van der Waals surface area contributed by atoms with Crippen molar-refractivity contribution in [2.24, 2.45) is 0 Å². The van der Waals surface area contributed by atoms with Gasteiger partial charge in [-0.2, -0.15) is 0 Å². The highest BCUT2D eigenvalue weighted by molar-refractivity contribution is 6.77. The Kier molecular flexibility index (Phi) is 8.82. The summed E-state index contributed by atoms with van der Waals surface area (Å²) in [5.74, 6) is 0.431. The van der Waals surface area contributed by atoms with Crippen LogP contribution in [0.25, 0.3) is 0 Å². The molecule has 2 atom stereocenters. The standard InChI is InChI=1S/C28H41NO4Si/c1-20(2)34(21(3)4,22(5)6)33-27-18-29(28(31)32-19-23-10-8-7-9-11-23)17-16-26(27)24-12-14-25(30)15-13-24/h7-15,20-22,26-27,30H,16-19H2,1-6H3. The highest BCUT2D eigenvalue weighted by atomic mass is 28.4. The molecule has 1 heterocycles. The number of piperidine rings is 1. The van der Waals surface area contributed by atoms with Crippen molar-refractivity contribution in [2.45, 2.75) is 83.2 Å². The van der Waals surface area contributed by atoms with Crippen LogP contribution in [0.4, 0.5) is 4.79 Å². The van der Waals surface area contributed by atoms with E-state index in [4.69, 9.17) is 9.16 Å². The Morgan fingerprint density at radius 1 is 0.971 bits per heavy atom. The SMILES string of the molecule is CC(C)[Si](OC1CN(C(=O)OCc2ccccc2)CCC1c1ccc(O)cc1)(C(C)C)C(C)C. The van der Waals surface area contributed by atoms with Crippen LogP contribution in [0, 0.1) is 0 Å². The van der Waals surface area contributed by atoms with Gasteiger partial charge in [0.2, 0.25) is 8.32 Å². The topological polar surface area (TPSA) is 59.0 Å². The van der Waals surface area contributed by atoms with Crippen LogP contribution in [-0.4, -0.2) is 43.6 Å². The van der Waals surface area contributed by atoms with E-state index in [2.05, 4.69) is 41.5 Å². The molecule has 1 N–H and O–H groups in total. The van der Waals surface area contributed by atoms with Gasteiger partial charge in [-0.05, 0) is 46.3 Å². The van der Waals surface area contributed by atoms with Crippen molar-refractivity contribution in [3.05, 3.63) is 65.7 Å². The molecule has 0 aliphatic carbocycles. The highest BCUT2D eigenvalue weighted by Crippen LogP contribution is 2.45. The van der Waals surface area contributed by atoms with Crippen molar-refractivity contribution in [3.63, 3.8) is 0 Å². The van der Waals surface area contributed by atoms with Gasteiger partial charge in [0.15, 0.2) is 0 Å². The van der Waals surface area contributed by atoms with Crippen LogP contribution >= 0.6 is 0 Å². The monoisotopic (exact) mass is 483 g/mol. The molecule has 1 fully saturated rings. The van der Waals surface area contributed by atoms with E-state index in [0.29, 0.717) is 29.7 Å². The molecular formula is C28H41NO4Si. The van der Waals surface area contributed by atoms with Gasteiger partial charge < -0.3 is 19.2 Å². The molecule has 0 radical (unpaired) electrons. The number of benzene rings is 2. The maximum Gasteiger partial charge on any atom is 0.410 e.